The Morgan fingerprint density at radius 1 is 1.28 bits per heavy atom. The molecule has 0 saturated heterocycles. The Bertz CT molecular complexity index is 281. The summed E-state index contributed by atoms with van der Waals surface area (Å²) in [6, 6.07) is 2.63. The third-order valence-electron chi connectivity index (χ3n) is 3.43. The van der Waals surface area contributed by atoms with Gasteiger partial charge in [-0.2, -0.15) is 0 Å². The topological polar surface area (TPSA) is 28.4 Å². The molecule has 0 aliphatic heterocycles. The molecule has 1 aromatic rings. The lowest BCUT2D eigenvalue weighted by molar-refractivity contribution is 0.280. The van der Waals surface area contributed by atoms with E-state index in [1.54, 1.807) is 6.26 Å². The van der Waals surface area contributed by atoms with Crippen LogP contribution in [-0.2, 0) is 6.42 Å². The van der Waals surface area contributed by atoms with E-state index in [2.05, 4.69) is 37.1 Å². The Labute approximate surface area is 112 Å². The third kappa shape index (κ3) is 5.69. The van der Waals surface area contributed by atoms with Crippen LogP contribution in [0, 0.1) is 0 Å². The normalized spacial score (nSPS) is 13.1. The highest BCUT2D eigenvalue weighted by molar-refractivity contribution is 5.07. The minimum absolute atomic E-state index is 0.558. The van der Waals surface area contributed by atoms with Gasteiger partial charge in [0.25, 0.3) is 0 Å². The highest BCUT2D eigenvalue weighted by Crippen LogP contribution is 2.08. The molecule has 0 bridgehead atoms. The van der Waals surface area contributed by atoms with E-state index < -0.39 is 0 Å². The summed E-state index contributed by atoms with van der Waals surface area (Å²) in [6.45, 7) is 11.2. The van der Waals surface area contributed by atoms with E-state index in [1.807, 2.05) is 6.26 Å². The van der Waals surface area contributed by atoms with Crippen molar-refractivity contribution in [1.29, 1.82) is 0 Å². The van der Waals surface area contributed by atoms with E-state index in [4.69, 9.17) is 4.42 Å². The van der Waals surface area contributed by atoms with Crippen molar-refractivity contribution in [2.45, 2.75) is 46.1 Å². The van der Waals surface area contributed by atoms with E-state index in [-0.39, 0.29) is 0 Å². The summed E-state index contributed by atoms with van der Waals surface area (Å²) in [5, 5.41) is 3.64. The monoisotopic (exact) mass is 252 g/mol. The van der Waals surface area contributed by atoms with E-state index in [0.717, 1.165) is 26.1 Å². The summed E-state index contributed by atoms with van der Waals surface area (Å²) in [5.41, 5.74) is 1.29. The SMILES string of the molecule is CCCNC(CCN(CC)CC)Cc1ccoc1. The lowest BCUT2D eigenvalue weighted by Gasteiger charge is -2.23. The minimum atomic E-state index is 0.558. The van der Waals surface area contributed by atoms with Crippen LogP contribution < -0.4 is 5.32 Å². The van der Waals surface area contributed by atoms with Gasteiger partial charge in [0.2, 0.25) is 0 Å². The van der Waals surface area contributed by atoms with Crippen LogP contribution in [0.2, 0.25) is 0 Å². The molecule has 0 aliphatic rings. The Morgan fingerprint density at radius 2 is 2.06 bits per heavy atom. The summed E-state index contributed by atoms with van der Waals surface area (Å²) in [6.07, 6.45) is 7.08. The van der Waals surface area contributed by atoms with Gasteiger partial charge in [0.15, 0.2) is 0 Å². The largest absolute Gasteiger partial charge is 0.472 e. The average molecular weight is 252 g/mol. The molecule has 0 amide bonds. The number of hydrogen-bond donors (Lipinski definition) is 1. The molecule has 1 rings (SSSR count). The molecule has 1 N–H and O–H groups in total. The van der Waals surface area contributed by atoms with Crippen LogP contribution in [0.25, 0.3) is 0 Å². The number of nitrogens with one attached hydrogen (secondary N) is 1. The minimum Gasteiger partial charge on any atom is -0.472 e. The molecular formula is C15H28N2O. The first kappa shape index (κ1) is 15.3. The molecule has 1 aromatic heterocycles. The number of furan rings is 1. The number of nitrogens with zero attached hydrogens (tertiary/aromatic N) is 1. The molecule has 3 heteroatoms. The maximum absolute atomic E-state index is 5.15. The average Bonchev–Trinajstić information content (AvgIpc) is 2.89. The third-order valence-corrected chi connectivity index (χ3v) is 3.43. The van der Waals surface area contributed by atoms with Crippen molar-refractivity contribution in [2.75, 3.05) is 26.2 Å². The van der Waals surface area contributed by atoms with Gasteiger partial charge in [-0.05, 0) is 57.1 Å². The van der Waals surface area contributed by atoms with Gasteiger partial charge in [-0.15, -0.1) is 0 Å². The highest BCUT2D eigenvalue weighted by atomic mass is 16.3. The van der Waals surface area contributed by atoms with Gasteiger partial charge in [0, 0.05) is 6.04 Å². The van der Waals surface area contributed by atoms with E-state index >= 15 is 0 Å². The Hall–Kier alpha value is -0.800. The molecule has 0 fully saturated rings. The van der Waals surface area contributed by atoms with E-state index in [9.17, 15) is 0 Å². The van der Waals surface area contributed by atoms with Crippen molar-refractivity contribution >= 4 is 0 Å². The van der Waals surface area contributed by atoms with Gasteiger partial charge in [0.1, 0.15) is 0 Å². The predicted octanol–water partition coefficient (Wildman–Crippen LogP) is 2.92. The molecule has 0 spiro atoms. The lowest BCUT2D eigenvalue weighted by Crippen LogP contribution is -2.36. The van der Waals surface area contributed by atoms with Crippen LogP contribution in [0.15, 0.2) is 23.0 Å². The van der Waals surface area contributed by atoms with Crippen molar-refractivity contribution in [3.8, 4) is 0 Å². The van der Waals surface area contributed by atoms with E-state index in [1.165, 1.54) is 24.9 Å². The number of rotatable bonds is 10. The van der Waals surface area contributed by atoms with Crippen LogP contribution in [0.4, 0.5) is 0 Å². The van der Waals surface area contributed by atoms with Gasteiger partial charge < -0.3 is 14.6 Å². The van der Waals surface area contributed by atoms with Gasteiger partial charge in [0.05, 0.1) is 12.5 Å². The second kappa shape index (κ2) is 9.17. The van der Waals surface area contributed by atoms with Crippen molar-refractivity contribution in [3.63, 3.8) is 0 Å². The fraction of sp³-hybridized carbons (Fsp3) is 0.733. The zero-order valence-electron chi connectivity index (χ0n) is 12.1. The van der Waals surface area contributed by atoms with Crippen molar-refractivity contribution in [2.24, 2.45) is 0 Å². The predicted molar refractivity (Wildman–Crippen MR) is 76.9 cm³/mol. The molecule has 1 heterocycles. The summed E-state index contributed by atoms with van der Waals surface area (Å²) in [4.78, 5) is 2.48. The van der Waals surface area contributed by atoms with Crippen LogP contribution in [0.1, 0.15) is 39.2 Å². The fourth-order valence-corrected chi connectivity index (χ4v) is 2.20. The lowest BCUT2D eigenvalue weighted by atomic mass is 10.1. The molecule has 18 heavy (non-hydrogen) atoms. The maximum atomic E-state index is 5.15. The fourth-order valence-electron chi connectivity index (χ4n) is 2.20. The van der Waals surface area contributed by atoms with Crippen molar-refractivity contribution in [1.82, 2.24) is 10.2 Å². The Morgan fingerprint density at radius 3 is 2.61 bits per heavy atom. The molecule has 0 radical (unpaired) electrons. The standard InChI is InChI=1S/C15H28N2O/c1-4-9-16-15(7-10-17(5-2)6-3)12-14-8-11-18-13-14/h8,11,13,15-16H,4-7,9-10,12H2,1-3H3. The molecule has 3 nitrogen and oxygen atoms in total. The first-order valence-corrected chi connectivity index (χ1v) is 7.26. The zero-order chi connectivity index (χ0) is 13.2. The molecule has 1 unspecified atom stereocenters. The van der Waals surface area contributed by atoms with Crippen LogP contribution in [-0.4, -0.2) is 37.1 Å². The second-order valence-electron chi connectivity index (χ2n) is 4.80. The Kier molecular flexibility index (Phi) is 7.78. The second-order valence-corrected chi connectivity index (χ2v) is 4.80. The van der Waals surface area contributed by atoms with Crippen LogP contribution in [0.3, 0.4) is 0 Å². The molecule has 0 aliphatic carbocycles. The molecule has 1 atom stereocenters. The smallest absolute Gasteiger partial charge is 0.0935 e. The first-order chi connectivity index (χ1) is 8.80. The molecule has 0 aromatic carbocycles. The van der Waals surface area contributed by atoms with Crippen molar-refractivity contribution in [3.05, 3.63) is 24.2 Å². The first-order valence-electron chi connectivity index (χ1n) is 7.26. The van der Waals surface area contributed by atoms with Crippen LogP contribution in [0.5, 0.6) is 0 Å². The molecule has 0 saturated carbocycles. The van der Waals surface area contributed by atoms with Gasteiger partial charge in [-0.1, -0.05) is 20.8 Å². The number of hydrogen-bond acceptors (Lipinski definition) is 3. The Balaban J connectivity index is 2.39. The van der Waals surface area contributed by atoms with Gasteiger partial charge in [-0.3, -0.25) is 0 Å². The summed E-state index contributed by atoms with van der Waals surface area (Å²) in [5.74, 6) is 0. The highest BCUT2D eigenvalue weighted by Gasteiger charge is 2.11. The van der Waals surface area contributed by atoms with Gasteiger partial charge in [-0.25, -0.2) is 0 Å². The van der Waals surface area contributed by atoms with Crippen LogP contribution >= 0.6 is 0 Å². The van der Waals surface area contributed by atoms with E-state index in [0.29, 0.717) is 6.04 Å². The summed E-state index contributed by atoms with van der Waals surface area (Å²) < 4.78 is 5.15. The molecular weight excluding hydrogens is 224 g/mol. The summed E-state index contributed by atoms with van der Waals surface area (Å²) in [7, 11) is 0. The quantitative estimate of drug-likeness (QED) is 0.694. The molecule has 104 valence electrons. The zero-order valence-corrected chi connectivity index (χ0v) is 12.1. The maximum Gasteiger partial charge on any atom is 0.0935 e. The van der Waals surface area contributed by atoms with Gasteiger partial charge >= 0.3 is 0 Å². The van der Waals surface area contributed by atoms with Crippen molar-refractivity contribution < 1.29 is 4.42 Å². The summed E-state index contributed by atoms with van der Waals surface area (Å²) >= 11 is 0.